The number of hydrogen-bond donors (Lipinski definition) is 1. The zero-order valence-electron chi connectivity index (χ0n) is 11.3. The number of pyridine rings is 1. The summed E-state index contributed by atoms with van der Waals surface area (Å²) in [5.41, 5.74) is 1.56. The number of nitrogens with one attached hydrogen (secondary N) is 1. The molecule has 0 radical (unpaired) electrons. The Bertz CT molecular complexity index is 892. The minimum Gasteiger partial charge on any atom is -0.315 e. The van der Waals surface area contributed by atoms with E-state index in [-0.39, 0.29) is 11.2 Å². The van der Waals surface area contributed by atoms with Crippen LogP contribution in [0.1, 0.15) is 6.42 Å². The van der Waals surface area contributed by atoms with E-state index in [1.54, 1.807) is 21.4 Å². The van der Waals surface area contributed by atoms with Crippen LogP contribution in [-0.2, 0) is 13.1 Å². The van der Waals surface area contributed by atoms with E-state index in [2.05, 4.69) is 20.9 Å². The Morgan fingerprint density at radius 1 is 1.05 bits per heavy atom. The van der Waals surface area contributed by atoms with Crippen LogP contribution in [-0.4, -0.2) is 14.1 Å². The van der Waals surface area contributed by atoms with E-state index in [9.17, 15) is 9.59 Å². The maximum absolute atomic E-state index is 11.9. The summed E-state index contributed by atoms with van der Waals surface area (Å²) in [6, 6.07) is 11.1. The number of para-hydroxylation sites is 2. The number of aromatic nitrogens is 3. The van der Waals surface area contributed by atoms with Crippen molar-refractivity contribution in [2.24, 2.45) is 0 Å². The first-order valence-electron chi connectivity index (χ1n) is 6.69. The average Bonchev–Trinajstić information content (AvgIpc) is 2.80. The summed E-state index contributed by atoms with van der Waals surface area (Å²) < 4.78 is 3.90. The van der Waals surface area contributed by atoms with Crippen LogP contribution in [0.4, 0.5) is 0 Å². The molecule has 2 heterocycles. The number of aryl methyl sites for hydroxylation is 2. The van der Waals surface area contributed by atoms with Crippen molar-refractivity contribution in [2.75, 3.05) is 0 Å². The molecule has 0 unspecified atom stereocenters. The minimum absolute atomic E-state index is 0.0521. The van der Waals surface area contributed by atoms with Crippen LogP contribution >= 0.6 is 15.9 Å². The number of benzene rings is 1. The quantitative estimate of drug-likeness (QED) is 0.787. The highest BCUT2D eigenvalue weighted by atomic mass is 79.9. The second-order valence-electron chi connectivity index (χ2n) is 4.81. The molecule has 108 valence electrons. The molecule has 1 N–H and O–H groups in total. The third-order valence-corrected chi connectivity index (χ3v) is 4.04. The number of aromatic amines is 1. The van der Waals surface area contributed by atoms with Gasteiger partial charge in [0.1, 0.15) is 0 Å². The maximum atomic E-state index is 11.9. The van der Waals surface area contributed by atoms with Crippen LogP contribution in [0.5, 0.6) is 0 Å². The lowest BCUT2D eigenvalue weighted by Gasteiger charge is -2.07. The summed E-state index contributed by atoms with van der Waals surface area (Å²) in [5, 5.41) is 0. The summed E-state index contributed by atoms with van der Waals surface area (Å²) in [7, 11) is 0. The second-order valence-corrected chi connectivity index (χ2v) is 5.66. The van der Waals surface area contributed by atoms with Gasteiger partial charge in [-0.25, -0.2) is 4.79 Å². The van der Waals surface area contributed by atoms with Gasteiger partial charge >= 0.3 is 5.69 Å². The van der Waals surface area contributed by atoms with Crippen LogP contribution in [0.25, 0.3) is 11.0 Å². The summed E-state index contributed by atoms with van der Waals surface area (Å²) in [5.74, 6) is 0. The lowest BCUT2D eigenvalue weighted by Crippen LogP contribution is -2.22. The van der Waals surface area contributed by atoms with Gasteiger partial charge in [-0.05, 0) is 46.6 Å². The van der Waals surface area contributed by atoms with Crippen LogP contribution < -0.4 is 11.2 Å². The van der Waals surface area contributed by atoms with Gasteiger partial charge in [0.25, 0.3) is 5.56 Å². The molecule has 0 fully saturated rings. The number of imidazole rings is 1. The predicted octanol–water partition coefficient (Wildman–Crippen LogP) is 2.34. The first-order valence-corrected chi connectivity index (χ1v) is 7.48. The third kappa shape index (κ3) is 2.71. The van der Waals surface area contributed by atoms with Crippen molar-refractivity contribution in [3.8, 4) is 0 Å². The lowest BCUT2D eigenvalue weighted by atomic mass is 10.3. The molecule has 0 atom stereocenters. The Hall–Kier alpha value is -2.08. The highest BCUT2D eigenvalue weighted by Gasteiger charge is 2.06. The van der Waals surface area contributed by atoms with Gasteiger partial charge in [-0.15, -0.1) is 0 Å². The standard InChI is InChI=1S/C15H14BrN3O2/c16-11-5-3-8-18(14(11)20)9-4-10-19-13-7-2-1-6-12(13)17-15(19)21/h1-3,5-8H,4,9-10H2,(H,17,21). The van der Waals surface area contributed by atoms with Crippen molar-refractivity contribution in [1.82, 2.24) is 14.1 Å². The molecule has 0 aliphatic heterocycles. The van der Waals surface area contributed by atoms with Gasteiger partial charge in [-0.1, -0.05) is 12.1 Å². The Morgan fingerprint density at radius 2 is 1.86 bits per heavy atom. The van der Waals surface area contributed by atoms with Crippen LogP contribution in [0.2, 0.25) is 0 Å². The molecule has 3 aromatic rings. The monoisotopic (exact) mass is 347 g/mol. The van der Waals surface area contributed by atoms with Crippen LogP contribution in [0.15, 0.2) is 56.7 Å². The lowest BCUT2D eigenvalue weighted by molar-refractivity contribution is 0.551. The van der Waals surface area contributed by atoms with E-state index >= 15 is 0 Å². The molecule has 0 saturated carbocycles. The maximum Gasteiger partial charge on any atom is 0.326 e. The molecule has 0 spiro atoms. The number of fused-ring (bicyclic) bond motifs is 1. The van der Waals surface area contributed by atoms with Gasteiger partial charge in [-0.3, -0.25) is 9.36 Å². The normalized spacial score (nSPS) is 11.1. The SMILES string of the molecule is O=c1c(Br)cccn1CCCn1c(=O)[nH]c2ccccc21. The van der Waals surface area contributed by atoms with Gasteiger partial charge in [0, 0.05) is 19.3 Å². The first-order chi connectivity index (χ1) is 10.2. The van der Waals surface area contributed by atoms with Crippen molar-refractivity contribution >= 4 is 27.0 Å². The van der Waals surface area contributed by atoms with E-state index in [1.807, 2.05) is 30.3 Å². The molecule has 6 heteroatoms. The van der Waals surface area contributed by atoms with Crippen LogP contribution in [0, 0.1) is 0 Å². The summed E-state index contributed by atoms with van der Waals surface area (Å²) in [4.78, 5) is 26.6. The Labute approximate surface area is 129 Å². The zero-order chi connectivity index (χ0) is 14.8. The average molecular weight is 348 g/mol. The largest absolute Gasteiger partial charge is 0.326 e. The highest BCUT2D eigenvalue weighted by molar-refractivity contribution is 9.10. The van der Waals surface area contributed by atoms with E-state index in [1.165, 1.54) is 0 Å². The first kappa shape index (κ1) is 13.9. The Morgan fingerprint density at radius 3 is 2.71 bits per heavy atom. The third-order valence-electron chi connectivity index (χ3n) is 3.44. The molecule has 5 nitrogen and oxygen atoms in total. The molecular formula is C15H14BrN3O2. The topological polar surface area (TPSA) is 59.8 Å². The van der Waals surface area contributed by atoms with Crippen LogP contribution in [0.3, 0.4) is 0 Å². The fraction of sp³-hybridized carbons (Fsp3) is 0.200. The van der Waals surface area contributed by atoms with Gasteiger partial charge in [-0.2, -0.15) is 0 Å². The Kier molecular flexibility index (Phi) is 3.79. The summed E-state index contributed by atoms with van der Waals surface area (Å²) in [6.07, 6.45) is 2.46. The van der Waals surface area contributed by atoms with E-state index in [0.29, 0.717) is 24.0 Å². The summed E-state index contributed by atoms with van der Waals surface area (Å²) >= 11 is 3.23. The van der Waals surface area contributed by atoms with Gasteiger partial charge < -0.3 is 9.55 Å². The molecule has 0 bridgehead atoms. The molecule has 0 aliphatic carbocycles. The molecule has 1 aromatic carbocycles. The smallest absolute Gasteiger partial charge is 0.315 e. The zero-order valence-corrected chi connectivity index (χ0v) is 12.8. The number of rotatable bonds is 4. The number of H-pyrrole nitrogens is 1. The molecule has 2 aromatic heterocycles. The number of hydrogen-bond acceptors (Lipinski definition) is 2. The molecule has 0 aliphatic rings. The fourth-order valence-corrected chi connectivity index (χ4v) is 2.79. The molecule has 0 amide bonds. The Balaban J connectivity index is 1.78. The predicted molar refractivity (Wildman–Crippen MR) is 85.6 cm³/mol. The summed E-state index contributed by atoms with van der Waals surface area (Å²) in [6.45, 7) is 1.14. The van der Waals surface area contributed by atoms with Gasteiger partial charge in [0.05, 0.1) is 15.5 Å². The van der Waals surface area contributed by atoms with E-state index in [0.717, 1.165) is 11.0 Å². The second kappa shape index (κ2) is 5.73. The van der Waals surface area contributed by atoms with E-state index < -0.39 is 0 Å². The molecular weight excluding hydrogens is 334 g/mol. The fourth-order valence-electron chi connectivity index (χ4n) is 2.41. The molecule has 3 rings (SSSR count). The van der Waals surface area contributed by atoms with Crippen molar-refractivity contribution in [1.29, 1.82) is 0 Å². The van der Waals surface area contributed by atoms with Crippen molar-refractivity contribution in [3.05, 3.63) is 67.9 Å². The number of nitrogens with zero attached hydrogens (tertiary/aromatic N) is 2. The highest BCUT2D eigenvalue weighted by Crippen LogP contribution is 2.09. The molecule has 0 saturated heterocycles. The van der Waals surface area contributed by atoms with Crippen molar-refractivity contribution in [2.45, 2.75) is 19.5 Å². The minimum atomic E-state index is -0.113. The van der Waals surface area contributed by atoms with Gasteiger partial charge in [0.15, 0.2) is 0 Å². The van der Waals surface area contributed by atoms with Gasteiger partial charge in [0.2, 0.25) is 0 Å². The van der Waals surface area contributed by atoms with Crippen molar-refractivity contribution in [3.63, 3.8) is 0 Å². The number of halogens is 1. The molecule has 21 heavy (non-hydrogen) atoms. The van der Waals surface area contributed by atoms with E-state index in [4.69, 9.17) is 0 Å². The van der Waals surface area contributed by atoms with Crippen molar-refractivity contribution < 1.29 is 0 Å².